The third kappa shape index (κ3) is 3.70. The maximum Gasteiger partial charge on any atom is 0.321 e. The summed E-state index contributed by atoms with van der Waals surface area (Å²) in [7, 11) is 0. The summed E-state index contributed by atoms with van der Waals surface area (Å²) in [6, 6.07) is 8.13. The average molecular weight is 410 g/mol. The molecule has 0 saturated carbocycles. The fourth-order valence-electron chi connectivity index (χ4n) is 3.96. The molecule has 1 aromatic carbocycles. The number of rotatable bonds is 3. The number of halogens is 1. The molecule has 2 amide bonds. The van der Waals surface area contributed by atoms with E-state index in [9.17, 15) is 9.18 Å². The fourth-order valence-corrected chi connectivity index (χ4v) is 3.96. The molecule has 3 aromatic rings. The highest BCUT2D eigenvalue weighted by Gasteiger charge is 2.19. The molecule has 2 fully saturated rings. The van der Waals surface area contributed by atoms with E-state index in [1.54, 1.807) is 29.3 Å². The van der Waals surface area contributed by atoms with Gasteiger partial charge in [0, 0.05) is 37.3 Å². The van der Waals surface area contributed by atoms with E-state index in [-0.39, 0.29) is 6.03 Å². The van der Waals surface area contributed by atoms with Gasteiger partial charge >= 0.3 is 6.03 Å². The van der Waals surface area contributed by atoms with Crippen LogP contribution in [0.3, 0.4) is 0 Å². The Kier molecular flexibility index (Phi) is 5.00. The number of likely N-dealkylation sites (tertiary alicyclic amines) is 1. The third-order valence-corrected chi connectivity index (χ3v) is 5.61. The molecule has 0 atom stereocenters. The van der Waals surface area contributed by atoms with Crippen LogP contribution in [0.5, 0.6) is 0 Å². The molecule has 156 valence electrons. The molecule has 30 heavy (non-hydrogen) atoms. The number of anilines is 2. The standard InChI is InChI=1S/C22H23FN4O3/c23-19-4-3-16(25-22(28)27-5-1-2-6-27)13-18(19)20-12-15-11-17(14-24-21(15)30-20)26-7-9-29-10-8-26/h3-4,11-14H,1-2,5-10H2,(H,25,28). The number of benzene rings is 1. The predicted octanol–water partition coefficient (Wildman–Crippen LogP) is 4.10. The number of morpholine rings is 1. The highest BCUT2D eigenvalue weighted by Crippen LogP contribution is 2.32. The molecule has 0 unspecified atom stereocenters. The monoisotopic (exact) mass is 410 g/mol. The largest absolute Gasteiger partial charge is 0.438 e. The minimum absolute atomic E-state index is 0.161. The van der Waals surface area contributed by atoms with Crippen molar-refractivity contribution in [3.05, 3.63) is 42.3 Å². The first-order chi connectivity index (χ1) is 14.7. The van der Waals surface area contributed by atoms with E-state index in [4.69, 9.17) is 9.15 Å². The number of hydrogen-bond donors (Lipinski definition) is 1. The van der Waals surface area contributed by atoms with Gasteiger partial charge in [0.15, 0.2) is 0 Å². The highest BCUT2D eigenvalue weighted by molar-refractivity contribution is 5.91. The highest BCUT2D eigenvalue weighted by atomic mass is 19.1. The molecule has 2 aliphatic rings. The molecule has 0 bridgehead atoms. The summed E-state index contributed by atoms with van der Waals surface area (Å²) in [6.07, 6.45) is 3.80. The van der Waals surface area contributed by atoms with Crippen molar-refractivity contribution in [1.29, 1.82) is 0 Å². The number of amides is 2. The summed E-state index contributed by atoms with van der Waals surface area (Å²) in [5.74, 6) is -0.0342. The molecule has 5 rings (SSSR count). The third-order valence-electron chi connectivity index (χ3n) is 5.61. The first-order valence-electron chi connectivity index (χ1n) is 10.3. The van der Waals surface area contributed by atoms with Gasteiger partial charge in [0.25, 0.3) is 0 Å². The average Bonchev–Trinajstić information content (AvgIpc) is 3.45. The second-order valence-electron chi connectivity index (χ2n) is 7.62. The van der Waals surface area contributed by atoms with Gasteiger partial charge < -0.3 is 24.3 Å². The molecule has 2 aromatic heterocycles. The Bertz CT molecular complexity index is 1070. The zero-order chi connectivity index (χ0) is 20.5. The fraction of sp³-hybridized carbons (Fsp3) is 0.364. The lowest BCUT2D eigenvalue weighted by atomic mass is 10.1. The Morgan fingerprint density at radius 3 is 2.67 bits per heavy atom. The van der Waals surface area contributed by atoms with E-state index >= 15 is 0 Å². The van der Waals surface area contributed by atoms with Crippen molar-refractivity contribution in [2.45, 2.75) is 12.8 Å². The lowest BCUT2D eigenvalue weighted by Gasteiger charge is -2.28. The van der Waals surface area contributed by atoms with Crippen LogP contribution in [0.25, 0.3) is 22.4 Å². The molecule has 1 N–H and O–H groups in total. The summed E-state index contributed by atoms with van der Waals surface area (Å²) in [5.41, 5.74) is 2.27. The lowest BCUT2D eigenvalue weighted by molar-refractivity contribution is 0.122. The van der Waals surface area contributed by atoms with E-state index in [0.717, 1.165) is 50.1 Å². The smallest absolute Gasteiger partial charge is 0.321 e. The number of urea groups is 1. The maximum absolute atomic E-state index is 14.6. The molecule has 2 aliphatic heterocycles. The number of furan rings is 1. The van der Waals surface area contributed by atoms with E-state index in [2.05, 4.69) is 15.2 Å². The quantitative estimate of drug-likeness (QED) is 0.704. The summed E-state index contributed by atoms with van der Waals surface area (Å²) in [4.78, 5) is 20.7. The normalized spacial score (nSPS) is 17.0. The molecule has 0 aliphatic carbocycles. The first kappa shape index (κ1) is 18.9. The van der Waals surface area contributed by atoms with Crippen molar-refractivity contribution in [1.82, 2.24) is 9.88 Å². The topological polar surface area (TPSA) is 70.8 Å². The van der Waals surface area contributed by atoms with Gasteiger partial charge in [-0.25, -0.2) is 14.2 Å². The van der Waals surface area contributed by atoms with Crippen molar-refractivity contribution < 1.29 is 18.3 Å². The van der Waals surface area contributed by atoms with Crippen LogP contribution in [-0.2, 0) is 4.74 Å². The Morgan fingerprint density at radius 1 is 1.07 bits per heavy atom. The van der Waals surface area contributed by atoms with E-state index < -0.39 is 5.82 Å². The lowest BCUT2D eigenvalue weighted by Crippen LogP contribution is -2.36. The second kappa shape index (κ2) is 7.95. The first-order valence-corrected chi connectivity index (χ1v) is 10.3. The predicted molar refractivity (Wildman–Crippen MR) is 112 cm³/mol. The molecule has 7 nitrogen and oxygen atoms in total. The van der Waals surface area contributed by atoms with Gasteiger partial charge in [-0.3, -0.25) is 0 Å². The number of ether oxygens (including phenoxy) is 1. The SMILES string of the molecule is O=C(Nc1ccc(F)c(-c2cc3cc(N4CCOCC4)cnc3o2)c1)N1CCCC1. The summed E-state index contributed by atoms with van der Waals surface area (Å²) in [6.45, 7) is 4.50. The van der Waals surface area contributed by atoms with Crippen LogP contribution in [0.4, 0.5) is 20.6 Å². The molecular formula is C22H23FN4O3. The van der Waals surface area contributed by atoms with Gasteiger partial charge in [-0.2, -0.15) is 0 Å². The molecule has 2 saturated heterocycles. The maximum atomic E-state index is 14.6. The van der Waals surface area contributed by atoms with Gasteiger partial charge in [0.2, 0.25) is 5.71 Å². The number of nitrogens with one attached hydrogen (secondary N) is 1. The molecular weight excluding hydrogens is 387 g/mol. The van der Waals surface area contributed by atoms with Crippen LogP contribution in [0.2, 0.25) is 0 Å². The van der Waals surface area contributed by atoms with E-state index in [0.29, 0.717) is 35.9 Å². The number of aromatic nitrogens is 1. The van der Waals surface area contributed by atoms with Crippen molar-refractivity contribution in [2.24, 2.45) is 0 Å². The molecule has 8 heteroatoms. The Balaban J connectivity index is 1.41. The van der Waals surface area contributed by atoms with E-state index in [1.807, 2.05) is 6.07 Å². The van der Waals surface area contributed by atoms with E-state index in [1.165, 1.54) is 6.07 Å². The van der Waals surface area contributed by atoms with Crippen LogP contribution in [0.1, 0.15) is 12.8 Å². The summed E-state index contributed by atoms with van der Waals surface area (Å²) >= 11 is 0. The molecule has 0 spiro atoms. The van der Waals surface area contributed by atoms with Gasteiger partial charge in [-0.05, 0) is 43.2 Å². The van der Waals surface area contributed by atoms with Crippen molar-refractivity contribution in [3.8, 4) is 11.3 Å². The Labute approximate surface area is 173 Å². The minimum Gasteiger partial charge on any atom is -0.438 e. The van der Waals surface area contributed by atoms with Crippen LogP contribution in [-0.4, -0.2) is 55.3 Å². The number of pyridine rings is 1. The second-order valence-corrected chi connectivity index (χ2v) is 7.62. The Morgan fingerprint density at radius 2 is 1.87 bits per heavy atom. The van der Waals surface area contributed by atoms with Crippen LogP contribution < -0.4 is 10.2 Å². The molecule has 0 radical (unpaired) electrons. The van der Waals surface area contributed by atoms with Crippen molar-refractivity contribution in [2.75, 3.05) is 49.6 Å². The number of fused-ring (bicyclic) bond motifs is 1. The van der Waals surface area contributed by atoms with Gasteiger partial charge in [-0.15, -0.1) is 0 Å². The van der Waals surface area contributed by atoms with Crippen LogP contribution in [0.15, 0.2) is 40.9 Å². The molecule has 4 heterocycles. The number of carbonyl (C=O) groups excluding carboxylic acids is 1. The minimum atomic E-state index is -0.415. The van der Waals surface area contributed by atoms with Crippen LogP contribution >= 0.6 is 0 Å². The zero-order valence-electron chi connectivity index (χ0n) is 16.6. The van der Waals surface area contributed by atoms with Crippen molar-refractivity contribution >= 4 is 28.5 Å². The number of nitrogens with zero attached hydrogens (tertiary/aromatic N) is 3. The zero-order valence-corrected chi connectivity index (χ0v) is 16.6. The van der Waals surface area contributed by atoms with Crippen molar-refractivity contribution in [3.63, 3.8) is 0 Å². The van der Waals surface area contributed by atoms with Gasteiger partial charge in [0.1, 0.15) is 11.6 Å². The number of hydrogen-bond acceptors (Lipinski definition) is 5. The van der Waals surface area contributed by atoms with Crippen LogP contribution in [0, 0.1) is 5.82 Å². The summed E-state index contributed by atoms with van der Waals surface area (Å²) < 4.78 is 25.8. The van der Waals surface area contributed by atoms with Gasteiger partial charge in [0.05, 0.1) is 30.7 Å². The van der Waals surface area contributed by atoms with Gasteiger partial charge in [-0.1, -0.05) is 0 Å². The Hall–Kier alpha value is -3.13. The number of carbonyl (C=O) groups is 1. The summed E-state index contributed by atoms with van der Waals surface area (Å²) in [5, 5.41) is 3.66.